The number of rotatable bonds is 3. The van der Waals surface area contributed by atoms with Crippen molar-refractivity contribution in [3.05, 3.63) is 65.5 Å². The van der Waals surface area contributed by atoms with Crippen molar-refractivity contribution < 1.29 is 0 Å². The Labute approximate surface area is 102 Å². The van der Waals surface area contributed by atoms with Gasteiger partial charge in [-0.3, -0.25) is 4.98 Å². The predicted molar refractivity (Wildman–Crippen MR) is 68.9 cm³/mol. The maximum absolute atomic E-state index is 4.21. The molecule has 0 saturated heterocycles. The van der Waals surface area contributed by atoms with Gasteiger partial charge in [0.2, 0.25) is 0 Å². The average molecular weight is 224 g/mol. The molecule has 1 aliphatic carbocycles. The van der Waals surface area contributed by atoms with Crippen LogP contribution < -0.4 is 5.32 Å². The number of aromatic nitrogens is 1. The highest BCUT2D eigenvalue weighted by atomic mass is 14.9. The molecule has 2 nitrogen and oxygen atoms in total. The van der Waals surface area contributed by atoms with E-state index in [2.05, 4.69) is 40.6 Å². The maximum Gasteiger partial charge on any atom is 0.0405 e. The summed E-state index contributed by atoms with van der Waals surface area (Å²) in [6, 6.07) is 13.2. The van der Waals surface area contributed by atoms with Crippen LogP contribution in [0.25, 0.3) is 0 Å². The van der Waals surface area contributed by atoms with Crippen molar-refractivity contribution in [3.63, 3.8) is 0 Å². The Morgan fingerprint density at radius 1 is 1.24 bits per heavy atom. The number of likely N-dealkylation sites (N-methyl/N-ethyl adjacent to an activating group) is 1. The van der Waals surface area contributed by atoms with Crippen LogP contribution >= 0.6 is 0 Å². The summed E-state index contributed by atoms with van der Waals surface area (Å²) in [6.07, 6.45) is 4.95. The van der Waals surface area contributed by atoms with Gasteiger partial charge in [-0.05, 0) is 36.2 Å². The zero-order chi connectivity index (χ0) is 11.7. The Balaban J connectivity index is 1.90. The van der Waals surface area contributed by atoms with E-state index in [-0.39, 0.29) is 0 Å². The van der Waals surface area contributed by atoms with Gasteiger partial charge in [0.05, 0.1) is 0 Å². The molecule has 2 aromatic rings. The highest BCUT2D eigenvalue weighted by Gasteiger charge is 2.32. The van der Waals surface area contributed by atoms with Crippen molar-refractivity contribution in [2.75, 3.05) is 7.05 Å². The molecule has 1 heterocycles. The second-order valence-corrected chi connectivity index (χ2v) is 4.56. The van der Waals surface area contributed by atoms with Crippen LogP contribution in [0.3, 0.4) is 0 Å². The van der Waals surface area contributed by atoms with Crippen molar-refractivity contribution in [1.29, 1.82) is 0 Å². The summed E-state index contributed by atoms with van der Waals surface area (Å²) in [7, 11) is 2.03. The lowest BCUT2D eigenvalue weighted by molar-refractivity contribution is 0.438. The molecule has 0 bridgehead atoms. The van der Waals surface area contributed by atoms with E-state index in [1.165, 1.54) is 16.7 Å². The molecule has 2 unspecified atom stereocenters. The maximum atomic E-state index is 4.21. The van der Waals surface area contributed by atoms with E-state index in [4.69, 9.17) is 0 Å². The van der Waals surface area contributed by atoms with Gasteiger partial charge >= 0.3 is 0 Å². The molecule has 0 spiro atoms. The smallest absolute Gasteiger partial charge is 0.0405 e. The summed E-state index contributed by atoms with van der Waals surface area (Å²) in [5.41, 5.74) is 4.24. The molecule has 0 fully saturated rings. The Morgan fingerprint density at radius 3 is 2.82 bits per heavy atom. The molecule has 1 N–H and O–H groups in total. The monoisotopic (exact) mass is 224 g/mol. The summed E-state index contributed by atoms with van der Waals surface area (Å²) < 4.78 is 0. The fourth-order valence-electron chi connectivity index (χ4n) is 2.76. The Bertz CT molecular complexity index is 507. The summed E-state index contributed by atoms with van der Waals surface area (Å²) in [5, 5.41) is 3.42. The minimum Gasteiger partial charge on any atom is -0.312 e. The van der Waals surface area contributed by atoms with Gasteiger partial charge in [0.25, 0.3) is 0 Å². The van der Waals surface area contributed by atoms with Crippen molar-refractivity contribution in [2.45, 2.75) is 18.4 Å². The summed E-state index contributed by atoms with van der Waals surface area (Å²) in [4.78, 5) is 4.21. The van der Waals surface area contributed by atoms with Crippen LogP contribution in [0.15, 0.2) is 48.8 Å². The molecule has 1 aromatic carbocycles. The van der Waals surface area contributed by atoms with Crippen LogP contribution in [-0.4, -0.2) is 12.0 Å². The van der Waals surface area contributed by atoms with E-state index in [1.807, 2.05) is 25.5 Å². The van der Waals surface area contributed by atoms with E-state index in [0.717, 1.165) is 6.42 Å². The van der Waals surface area contributed by atoms with E-state index in [0.29, 0.717) is 12.0 Å². The largest absolute Gasteiger partial charge is 0.312 e. The zero-order valence-electron chi connectivity index (χ0n) is 9.93. The van der Waals surface area contributed by atoms with Crippen LogP contribution in [-0.2, 0) is 6.42 Å². The predicted octanol–water partition coefficient (Wildman–Crippen LogP) is 2.68. The summed E-state index contributed by atoms with van der Waals surface area (Å²) in [5.74, 6) is 0.584. The zero-order valence-corrected chi connectivity index (χ0v) is 9.93. The van der Waals surface area contributed by atoms with E-state index in [1.54, 1.807) is 0 Å². The number of pyridine rings is 1. The Hall–Kier alpha value is -1.67. The van der Waals surface area contributed by atoms with Crippen molar-refractivity contribution in [3.8, 4) is 0 Å². The SMILES string of the molecule is CNC(c1cccnc1)C1Cc2ccccc21. The normalized spacial score (nSPS) is 19.2. The summed E-state index contributed by atoms with van der Waals surface area (Å²) in [6.45, 7) is 0. The van der Waals surface area contributed by atoms with E-state index in [9.17, 15) is 0 Å². The number of nitrogens with one attached hydrogen (secondary N) is 1. The molecule has 0 radical (unpaired) electrons. The van der Waals surface area contributed by atoms with Crippen LogP contribution in [0.2, 0.25) is 0 Å². The fraction of sp³-hybridized carbons (Fsp3) is 0.267. The first-order valence-corrected chi connectivity index (χ1v) is 6.05. The van der Waals surface area contributed by atoms with Gasteiger partial charge in [0, 0.05) is 24.4 Å². The molecule has 2 heteroatoms. The molecule has 0 aliphatic heterocycles. The van der Waals surface area contributed by atoms with Crippen molar-refractivity contribution >= 4 is 0 Å². The number of fused-ring (bicyclic) bond motifs is 1. The molecular formula is C15H16N2. The van der Waals surface area contributed by atoms with Gasteiger partial charge in [-0.1, -0.05) is 30.3 Å². The van der Waals surface area contributed by atoms with Gasteiger partial charge in [0.15, 0.2) is 0 Å². The molecule has 3 rings (SSSR count). The molecule has 17 heavy (non-hydrogen) atoms. The number of hydrogen-bond donors (Lipinski definition) is 1. The lowest BCUT2D eigenvalue weighted by Gasteiger charge is -2.36. The van der Waals surface area contributed by atoms with Crippen LogP contribution in [0.1, 0.15) is 28.7 Å². The van der Waals surface area contributed by atoms with E-state index < -0.39 is 0 Å². The molecule has 1 aromatic heterocycles. The molecule has 2 atom stereocenters. The molecular weight excluding hydrogens is 208 g/mol. The standard InChI is InChI=1S/C15H16N2/c1-16-15(12-6-4-8-17-10-12)14-9-11-5-2-3-7-13(11)14/h2-8,10,14-16H,9H2,1H3. The van der Waals surface area contributed by atoms with Gasteiger partial charge < -0.3 is 5.32 Å². The average Bonchev–Trinajstić information content (AvgIpc) is 2.37. The first-order chi connectivity index (χ1) is 8.40. The first-order valence-electron chi connectivity index (χ1n) is 6.05. The van der Waals surface area contributed by atoms with Gasteiger partial charge in [0.1, 0.15) is 0 Å². The topological polar surface area (TPSA) is 24.9 Å². The second kappa shape index (κ2) is 4.30. The second-order valence-electron chi connectivity index (χ2n) is 4.56. The number of benzene rings is 1. The number of nitrogens with zero attached hydrogens (tertiary/aromatic N) is 1. The lowest BCUT2D eigenvalue weighted by atomic mass is 9.72. The van der Waals surface area contributed by atoms with Gasteiger partial charge in [-0.15, -0.1) is 0 Å². The van der Waals surface area contributed by atoms with Crippen molar-refractivity contribution in [1.82, 2.24) is 10.3 Å². The minimum absolute atomic E-state index is 0.374. The first kappa shape index (κ1) is 10.5. The van der Waals surface area contributed by atoms with Crippen LogP contribution in [0, 0.1) is 0 Å². The van der Waals surface area contributed by atoms with Crippen molar-refractivity contribution in [2.24, 2.45) is 0 Å². The highest BCUT2D eigenvalue weighted by Crippen LogP contribution is 2.42. The Morgan fingerprint density at radius 2 is 2.12 bits per heavy atom. The van der Waals surface area contributed by atoms with Gasteiger partial charge in [-0.2, -0.15) is 0 Å². The lowest BCUT2D eigenvalue weighted by Crippen LogP contribution is -2.31. The molecule has 1 aliphatic rings. The number of hydrogen-bond acceptors (Lipinski definition) is 2. The minimum atomic E-state index is 0.374. The third-order valence-electron chi connectivity index (χ3n) is 3.65. The summed E-state index contributed by atoms with van der Waals surface area (Å²) >= 11 is 0. The molecule has 0 saturated carbocycles. The third kappa shape index (κ3) is 1.75. The van der Waals surface area contributed by atoms with Crippen LogP contribution in [0.4, 0.5) is 0 Å². The quantitative estimate of drug-likeness (QED) is 0.867. The van der Waals surface area contributed by atoms with Gasteiger partial charge in [-0.25, -0.2) is 0 Å². The highest BCUT2D eigenvalue weighted by molar-refractivity contribution is 5.42. The van der Waals surface area contributed by atoms with E-state index >= 15 is 0 Å². The Kier molecular flexibility index (Phi) is 2.65. The fourth-order valence-corrected chi connectivity index (χ4v) is 2.76. The molecule has 86 valence electrons. The van der Waals surface area contributed by atoms with Crippen LogP contribution in [0.5, 0.6) is 0 Å². The molecule has 0 amide bonds. The third-order valence-corrected chi connectivity index (χ3v) is 3.65.